The van der Waals surface area contributed by atoms with Crippen molar-refractivity contribution in [2.24, 2.45) is 0 Å². The van der Waals surface area contributed by atoms with Crippen LogP contribution in [0.3, 0.4) is 0 Å². The van der Waals surface area contributed by atoms with Crippen LogP contribution in [0.25, 0.3) is 0 Å². The minimum Gasteiger partial charge on any atom is -0.494 e. The maximum Gasteiger partial charge on any atom is 0.255 e. The van der Waals surface area contributed by atoms with Crippen LogP contribution in [0.1, 0.15) is 23.7 Å². The Morgan fingerprint density at radius 2 is 1.62 bits per heavy atom. The topological polar surface area (TPSA) is 97.0 Å². The number of rotatable bonds is 7. The summed E-state index contributed by atoms with van der Waals surface area (Å²) in [5, 5.41) is 5.60. The molecule has 1 aliphatic heterocycles. The van der Waals surface area contributed by atoms with E-state index in [2.05, 4.69) is 10.6 Å². The summed E-state index contributed by atoms with van der Waals surface area (Å²) in [6.45, 7) is 2.61. The van der Waals surface area contributed by atoms with Crippen molar-refractivity contribution >= 4 is 34.8 Å². The van der Waals surface area contributed by atoms with E-state index >= 15 is 0 Å². The molecule has 0 spiro atoms. The van der Waals surface area contributed by atoms with Crippen molar-refractivity contribution in [3.8, 4) is 11.5 Å². The molecule has 0 atom stereocenters. The third-order valence-corrected chi connectivity index (χ3v) is 5.19. The highest BCUT2D eigenvalue weighted by Gasteiger charge is 2.25. The summed E-state index contributed by atoms with van der Waals surface area (Å²) in [6, 6.07) is 20.8. The molecule has 0 bridgehead atoms. The van der Waals surface area contributed by atoms with Gasteiger partial charge in [0.05, 0.1) is 25.3 Å². The molecule has 2 N–H and O–H groups in total. The van der Waals surface area contributed by atoms with Crippen LogP contribution in [0.15, 0.2) is 72.8 Å². The normalized spacial score (nSPS) is 12.7. The number of para-hydroxylation sites is 2. The summed E-state index contributed by atoms with van der Waals surface area (Å²) < 4.78 is 11.0. The average molecular weight is 460 g/mol. The lowest BCUT2D eigenvalue weighted by Gasteiger charge is -2.21. The van der Waals surface area contributed by atoms with Gasteiger partial charge in [0.2, 0.25) is 11.8 Å². The van der Waals surface area contributed by atoms with E-state index in [9.17, 15) is 14.4 Å². The van der Waals surface area contributed by atoms with Crippen LogP contribution in [0, 0.1) is 0 Å². The van der Waals surface area contributed by atoms with E-state index in [1.807, 2.05) is 13.0 Å². The first-order valence-electron chi connectivity index (χ1n) is 11.0. The lowest BCUT2D eigenvalue weighted by atomic mass is 10.2. The van der Waals surface area contributed by atoms with Crippen molar-refractivity contribution in [2.75, 3.05) is 35.3 Å². The van der Waals surface area contributed by atoms with Crippen LogP contribution in [0.2, 0.25) is 0 Å². The smallest absolute Gasteiger partial charge is 0.255 e. The summed E-state index contributed by atoms with van der Waals surface area (Å²) in [5.74, 6) is 0.509. The average Bonchev–Trinajstić information content (AvgIpc) is 2.99. The molecule has 3 aromatic rings. The maximum atomic E-state index is 12.6. The van der Waals surface area contributed by atoms with E-state index in [0.29, 0.717) is 35.0 Å². The fraction of sp³-hybridized carbons (Fsp3) is 0.192. The van der Waals surface area contributed by atoms with Crippen molar-refractivity contribution in [3.63, 3.8) is 0 Å². The minimum absolute atomic E-state index is 0.140. The zero-order valence-corrected chi connectivity index (χ0v) is 18.7. The fourth-order valence-electron chi connectivity index (χ4n) is 3.55. The summed E-state index contributed by atoms with van der Waals surface area (Å²) >= 11 is 0. The highest BCUT2D eigenvalue weighted by atomic mass is 16.5. The first-order chi connectivity index (χ1) is 16.5. The molecule has 3 amide bonds. The van der Waals surface area contributed by atoms with Gasteiger partial charge in [-0.2, -0.15) is 0 Å². The second-order valence-corrected chi connectivity index (χ2v) is 7.58. The highest BCUT2D eigenvalue weighted by molar-refractivity contribution is 6.05. The number of fused-ring (bicyclic) bond motifs is 1. The Kier molecular flexibility index (Phi) is 7.07. The molecule has 174 valence electrons. The van der Waals surface area contributed by atoms with E-state index in [0.717, 1.165) is 5.75 Å². The van der Waals surface area contributed by atoms with Crippen molar-refractivity contribution in [2.45, 2.75) is 13.3 Å². The molecule has 1 heterocycles. The van der Waals surface area contributed by atoms with E-state index in [4.69, 9.17) is 9.47 Å². The molecule has 4 rings (SSSR count). The number of anilines is 3. The van der Waals surface area contributed by atoms with Crippen molar-refractivity contribution < 1.29 is 23.9 Å². The number of nitrogens with one attached hydrogen (secondary N) is 2. The molecule has 34 heavy (non-hydrogen) atoms. The van der Waals surface area contributed by atoms with E-state index in [-0.39, 0.29) is 37.3 Å². The summed E-state index contributed by atoms with van der Waals surface area (Å²) in [5.41, 5.74) is 2.19. The minimum atomic E-state index is -0.350. The van der Waals surface area contributed by atoms with E-state index < -0.39 is 0 Å². The van der Waals surface area contributed by atoms with Crippen molar-refractivity contribution in [1.29, 1.82) is 0 Å². The van der Waals surface area contributed by atoms with Gasteiger partial charge in [0.1, 0.15) is 18.0 Å². The lowest BCUT2D eigenvalue weighted by Crippen LogP contribution is -2.37. The lowest BCUT2D eigenvalue weighted by molar-refractivity contribution is -0.121. The Hall–Kier alpha value is -4.33. The van der Waals surface area contributed by atoms with Crippen molar-refractivity contribution in [1.82, 2.24) is 0 Å². The van der Waals surface area contributed by atoms with Crippen LogP contribution in [-0.2, 0) is 9.59 Å². The van der Waals surface area contributed by atoms with Crippen molar-refractivity contribution in [3.05, 3.63) is 78.4 Å². The molecule has 0 aromatic heterocycles. The Labute approximate surface area is 197 Å². The van der Waals surface area contributed by atoms with Gasteiger partial charge in [-0.15, -0.1) is 0 Å². The molecule has 0 radical (unpaired) electrons. The predicted octanol–water partition coefficient (Wildman–Crippen LogP) is 4.09. The number of hydrogen-bond donors (Lipinski definition) is 2. The second-order valence-electron chi connectivity index (χ2n) is 7.58. The van der Waals surface area contributed by atoms with E-state index in [1.165, 1.54) is 4.90 Å². The SMILES string of the molecule is CCOc1ccc(NC(=O)c2ccc(NC(=O)CN3C(=O)CCOc4ccccc43)cc2)cc1. The third kappa shape index (κ3) is 5.53. The third-order valence-electron chi connectivity index (χ3n) is 5.19. The van der Waals surface area contributed by atoms with Gasteiger partial charge in [-0.3, -0.25) is 19.3 Å². The fourth-order valence-corrected chi connectivity index (χ4v) is 3.55. The standard InChI is InChI=1S/C26H25N3O5/c1-2-33-21-13-11-20(12-14-21)28-26(32)18-7-9-19(10-8-18)27-24(30)17-29-22-5-3-4-6-23(22)34-16-15-25(29)31/h3-14H,2,15-17H2,1H3,(H,27,30)(H,28,32). The summed E-state index contributed by atoms with van der Waals surface area (Å²) in [7, 11) is 0. The van der Waals surface area contributed by atoms with Crippen LogP contribution in [0.5, 0.6) is 11.5 Å². The van der Waals surface area contributed by atoms with Crippen LogP contribution in [-0.4, -0.2) is 37.5 Å². The Balaban J connectivity index is 1.36. The van der Waals surface area contributed by atoms with Gasteiger partial charge in [0.25, 0.3) is 5.91 Å². The largest absolute Gasteiger partial charge is 0.494 e. The predicted molar refractivity (Wildman–Crippen MR) is 130 cm³/mol. The Morgan fingerprint density at radius 1 is 0.941 bits per heavy atom. The first kappa shape index (κ1) is 22.8. The molecule has 0 saturated heterocycles. The molecule has 3 aromatic carbocycles. The van der Waals surface area contributed by atoms with E-state index in [1.54, 1.807) is 66.7 Å². The van der Waals surface area contributed by atoms with Gasteiger partial charge < -0.3 is 20.1 Å². The molecule has 0 saturated carbocycles. The number of ether oxygens (including phenoxy) is 2. The van der Waals surface area contributed by atoms with Gasteiger partial charge >= 0.3 is 0 Å². The molecule has 0 aliphatic carbocycles. The van der Waals surface area contributed by atoms with Crippen LogP contribution in [0.4, 0.5) is 17.1 Å². The Morgan fingerprint density at radius 3 is 2.35 bits per heavy atom. The molecule has 8 heteroatoms. The highest BCUT2D eigenvalue weighted by Crippen LogP contribution is 2.30. The second kappa shape index (κ2) is 10.5. The summed E-state index contributed by atoms with van der Waals surface area (Å²) in [4.78, 5) is 39.1. The monoisotopic (exact) mass is 459 g/mol. The number of amides is 3. The molecular formula is C26H25N3O5. The molecule has 1 aliphatic rings. The first-order valence-corrected chi connectivity index (χ1v) is 11.0. The number of carbonyl (C=O) groups is 3. The summed E-state index contributed by atoms with van der Waals surface area (Å²) in [6.07, 6.45) is 0.195. The van der Waals surface area contributed by atoms with Gasteiger partial charge in [0.15, 0.2) is 0 Å². The van der Waals surface area contributed by atoms with Crippen LogP contribution < -0.4 is 25.0 Å². The quantitative estimate of drug-likeness (QED) is 0.555. The molecular weight excluding hydrogens is 434 g/mol. The van der Waals surface area contributed by atoms with Gasteiger partial charge in [0, 0.05) is 16.9 Å². The molecule has 8 nitrogen and oxygen atoms in total. The Bertz CT molecular complexity index is 1180. The number of nitrogens with zero attached hydrogens (tertiary/aromatic N) is 1. The molecule has 0 unspecified atom stereocenters. The number of benzene rings is 3. The van der Waals surface area contributed by atoms with Gasteiger partial charge in [-0.05, 0) is 67.6 Å². The number of hydrogen-bond acceptors (Lipinski definition) is 5. The van der Waals surface area contributed by atoms with Crippen LogP contribution >= 0.6 is 0 Å². The van der Waals surface area contributed by atoms with Gasteiger partial charge in [-0.25, -0.2) is 0 Å². The molecule has 0 fully saturated rings. The zero-order valence-electron chi connectivity index (χ0n) is 18.7. The van der Waals surface area contributed by atoms with Gasteiger partial charge in [-0.1, -0.05) is 12.1 Å². The number of carbonyl (C=O) groups excluding carboxylic acids is 3. The zero-order chi connectivity index (χ0) is 23.9. The maximum absolute atomic E-state index is 12.6.